The minimum Gasteiger partial charge on any atom is -0.345 e. The fourth-order valence-corrected chi connectivity index (χ4v) is 3.82. The Morgan fingerprint density at radius 3 is 2.61 bits per heavy atom. The molecular weight excluding hydrogens is 244 g/mol. The first-order valence-corrected chi connectivity index (χ1v) is 7.89. The molecule has 0 saturated carbocycles. The number of aryl methyl sites for hydroxylation is 1. The van der Waals surface area contributed by atoms with Gasteiger partial charge in [-0.3, -0.25) is 4.90 Å². The zero-order valence-electron chi connectivity index (χ0n) is 11.1. The van der Waals surface area contributed by atoms with Crippen LogP contribution in [0.1, 0.15) is 37.9 Å². The first-order chi connectivity index (χ1) is 8.83. The van der Waals surface area contributed by atoms with Crippen molar-refractivity contribution in [2.75, 3.05) is 31.1 Å². The molecule has 1 atom stereocenters. The van der Waals surface area contributed by atoms with Gasteiger partial charge in [0.15, 0.2) is 0 Å². The van der Waals surface area contributed by atoms with Gasteiger partial charge in [0.25, 0.3) is 0 Å². The third-order valence-electron chi connectivity index (χ3n) is 4.09. The lowest BCUT2D eigenvalue weighted by atomic mass is 10.1. The van der Waals surface area contributed by atoms with E-state index in [1.54, 1.807) is 11.5 Å². The van der Waals surface area contributed by atoms with Crippen LogP contribution in [0.15, 0.2) is 0 Å². The zero-order valence-corrected chi connectivity index (χ0v) is 12.0. The largest absolute Gasteiger partial charge is 0.345 e. The molecule has 0 bridgehead atoms. The Balaban J connectivity index is 1.70. The Hall–Kier alpha value is -0.680. The highest BCUT2D eigenvalue weighted by molar-refractivity contribution is 7.09. The van der Waals surface area contributed by atoms with Crippen molar-refractivity contribution in [3.05, 3.63) is 5.82 Å². The van der Waals surface area contributed by atoms with Gasteiger partial charge in [0.05, 0.1) is 0 Å². The number of rotatable bonds is 2. The Kier molecular flexibility index (Phi) is 3.80. The van der Waals surface area contributed by atoms with Gasteiger partial charge in [0, 0.05) is 30.7 Å². The lowest BCUT2D eigenvalue weighted by Gasteiger charge is -2.30. The smallest absolute Gasteiger partial charge is 0.205 e. The van der Waals surface area contributed by atoms with Gasteiger partial charge in [0.1, 0.15) is 5.82 Å². The summed E-state index contributed by atoms with van der Waals surface area (Å²) in [5.74, 6) is 0.914. The van der Waals surface area contributed by atoms with E-state index in [-0.39, 0.29) is 0 Å². The summed E-state index contributed by atoms with van der Waals surface area (Å²) in [4.78, 5) is 9.70. The second kappa shape index (κ2) is 5.53. The van der Waals surface area contributed by atoms with Crippen LogP contribution in [0.2, 0.25) is 0 Å². The fraction of sp³-hybridized carbons (Fsp3) is 0.846. The van der Waals surface area contributed by atoms with Crippen LogP contribution in [0.25, 0.3) is 0 Å². The van der Waals surface area contributed by atoms with Crippen molar-refractivity contribution in [1.29, 1.82) is 0 Å². The molecule has 3 rings (SSSR count). The third kappa shape index (κ3) is 2.67. The van der Waals surface area contributed by atoms with Gasteiger partial charge in [-0.2, -0.15) is 4.37 Å². The van der Waals surface area contributed by atoms with Crippen LogP contribution >= 0.6 is 11.5 Å². The summed E-state index contributed by atoms with van der Waals surface area (Å²) >= 11 is 1.56. The number of hydrogen-bond acceptors (Lipinski definition) is 5. The minimum absolute atomic E-state index is 0.735. The molecule has 2 saturated heterocycles. The highest BCUT2D eigenvalue weighted by atomic mass is 32.1. The molecule has 0 spiro atoms. The molecule has 2 aliphatic heterocycles. The first kappa shape index (κ1) is 12.4. The summed E-state index contributed by atoms with van der Waals surface area (Å²) in [5, 5.41) is 1.12. The summed E-state index contributed by atoms with van der Waals surface area (Å²) in [6, 6.07) is 0.735. The Bertz CT molecular complexity index is 386. The summed E-state index contributed by atoms with van der Waals surface area (Å²) in [5.41, 5.74) is 0. The number of anilines is 1. The molecule has 1 unspecified atom stereocenters. The molecule has 18 heavy (non-hydrogen) atoms. The summed E-state index contributed by atoms with van der Waals surface area (Å²) < 4.78 is 4.32. The summed E-state index contributed by atoms with van der Waals surface area (Å²) in [7, 11) is 0. The molecule has 2 aliphatic rings. The summed E-state index contributed by atoms with van der Waals surface area (Å²) in [6.45, 7) is 6.88. The lowest BCUT2D eigenvalue weighted by Crippen LogP contribution is -2.41. The maximum atomic E-state index is 4.55. The fourth-order valence-electron chi connectivity index (χ4n) is 3.11. The predicted octanol–water partition coefficient (Wildman–Crippen LogP) is 2.30. The van der Waals surface area contributed by atoms with Gasteiger partial charge in [-0.15, -0.1) is 0 Å². The Morgan fingerprint density at radius 2 is 1.89 bits per heavy atom. The van der Waals surface area contributed by atoms with Crippen LogP contribution in [-0.4, -0.2) is 46.5 Å². The standard InChI is InChI=1S/C13H22N4S/c1-11-14-13(18-15-11)17-9-3-2-6-12(10-17)16-7-4-5-8-16/h12H,2-10H2,1H3. The highest BCUT2D eigenvalue weighted by Crippen LogP contribution is 2.25. The zero-order chi connectivity index (χ0) is 12.4. The lowest BCUT2D eigenvalue weighted by molar-refractivity contribution is 0.236. The van der Waals surface area contributed by atoms with Crippen molar-refractivity contribution in [2.45, 2.75) is 45.1 Å². The predicted molar refractivity (Wildman–Crippen MR) is 75.3 cm³/mol. The van der Waals surface area contributed by atoms with Crippen molar-refractivity contribution in [3.63, 3.8) is 0 Å². The number of aromatic nitrogens is 2. The molecule has 0 amide bonds. The average molecular weight is 266 g/mol. The third-order valence-corrected chi connectivity index (χ3v) is 4.96. The molecule has 4 nitrogen and oxygen atoms in total. The number of likely N-dealkylation sites (tertiary alicyclic amines) is 1. The van der Waals surface area contributed by atoms with Gasteiger partial charge >= 0.3 is 0 Å². The molecule has 1 aromatic heterocycles. The van der Waals surface area contributed by atoms with Crippen LogP contribution in [0.4, 0.5) is 5.13 Å². The van der Waals surface area contributed by atoms with Gasteiger partial charge in [-0.05, 0) is 45.7 Å². The molecule has 5 heteroatoms. The van der Waals surface area contributed by atoms with Crippen LogP contribution in [-0.2, 0) is 0 Å². The maximum Gasteiger partial charge on any atom is 0.205 e. The molecule has 100 valence electrons. The van der Waals surface area contributed by atoms with Gasteiger partial charge in [0.2, 0.25) is 5.13 Å². The van der Waals surface area contributed by atoms with E-state index in [0.29, 0.717) is 0 Å². The van der Waals surface area contributed by atoms with Crippen molar-refractivity contribution in [2.24, 2.45) is 0 Å². The Morgan fingerprint density at radius 1 is 1.11 bits per heavy atom. The molecule has 1 aromatic rings. The van der Waals surface area contributed by atoms with Gasteiger partial charge < -0.3 is 4.90 Å². The second-order valence-electron chi connectivity index (χ2n) is 5.46. The second-order valence-corrected chi connectivity index (χ2v) is 6.19. The van der Waals surface area contributed by atoms with Crippen molar-refractivity contribution >= 4 is 16.7 Å². The average Bonchev–Trinajstić information content (AvgIpc) is 2.97. The van der Waals surface area contributed by atoms with Crippen LogP contribution < -0.4 is 4.90 Å². The van der Waals surface area contributed by atoms with E-state index in [0.717, 1.165) is 30.1 Å². The molecule has 3 heterocycles. The molecular formula is C13H22N4S. The van der Waals surface area contributed by atoms with E-state index >= 15 is 0 Å². The molecule has 2 fully saturated rings. The van der Waals surface area contributed by atoms with Gasteiger partial charge in [-0.1, -0.05) is 6.42 Å². The van der Waals surface area contributed by atoms with Crippen molar-refractivity contribution in [1.82, 2.24) is 14.3 Å². The minimum atomic E-state index is 0.735. The van der Waals surface area contributed by atoms with E-state index in [4.69, 9.17) is 0 Å². The van der Waals surface area contributed by atoms with E-state index in [9.17, 15) is 0 Å². The van der Waals surface area contributed by atoms with Crippen LogP contribution in [0.3, 0.4) is 0 Å². The van der Waals surface area contributed by atoms with Crippen LogP contribution in [0, 0.1) is 6.92 Å². The van der Waals surface area contributed by atoms with E-state index in [2.05, 4.69) is 19.2 Å². The topological polar surface area (TPSA) is 32.3 Å². The normalized spacial score (nSPS) is 26.5. The molecule has 0 aliphatic carbocycles. The summed E-state index contributed by atoms with van der Waals surface area (Å²) in [6.07, 6.45) is 6.77. The Labute approximate surface area is 113 Å². The van der Waals surface area contributed by atoms with E-state index in [1.807, 2.05) is 6.92 Å². The van der Waals surface area contributed by atoms with E-state index < -0.39 is 0 Å². The maximum absolute atomic E-state index is 4.55. The quantitative estimate of drug-likeness (QED) is 0.822. The van der Waals surface area contributed by atoms with Crippen molar-refractivity contribution in [3.8, 4) is 0 Å². The number of hydrogen-bond donors (Lipinski definition) is 0. The van der Waals surface area contributed by atoms with Crippen LogP contribution in [0.5, 0.6) is 0 Å². The monoisotopic (exact) mass is 266 g/mol. The van der Waals surface area contributed by atoms with E-state index in [1.165, 1.54) is 45.2 Å². The molecule has 0 aromatic carbocycles. The SMILES string of the molecule is Cc1nsc(N2CCCCC(N3CCCC3)C2)n1. The van der Waals surface area contributed by atoms with Crippen molar-refractivity contribution < 1.29 is 0 Å². The van der Waals surface area contributed by atoms with Gasteiger partial charge in [-0.25, -0.2) is 4.98 Å². The molecule has 0 radical (unpaired) electrons. The first-order valence-electron chi connectivity index (χ1n) is 7.12. The molecule has 0 N–H and O–H groups in total. The highest BCUT2D eigenvalue weighted by Gasteiger charge is 2.26. The number of nitrogens with zero attached hydrogens (tertiary/aromatic N) is 4.